The molecule has 0 spiro atoms. The first-order valence-electron chi connectivity index (χ1n) is 5.90. The lowest BCUT2D eigenvalue weighted by Crippen LogP contribution is -2.43. The number of likely N-dealkylation sites (tertiary alicyclic amines) is 1. The van der Waals surface area contributed by atoms with Gasteiger partial charge in [-0.15, -0.1) is 0 Å². The van der Waals surface area contributed by atoms with Gasteiger partial charge in [-0.2, -0.15) is 0 Å². The number of methoxy groups -OCH3 is 1. The van der Waals surface area contributed by atoms with Crippen LogP contribution in [0.3, 0.4) is 0 Å². The maximum absolute atomic E-state index is 11.8. The van der Waals surface area contributed by atoms with Crippen molar-refractivity contribution in [2.45, 2.75) is 12.8 Å². The van der Waals surface area contributed by atoms with Gasteiger partial charge in [0.15, 0.2) is 0 Å². The Morgan fingerprint density at radius 1 is 1.29 bits per heavy atom. The molecule has 0 bridgehead atoms. The van der Waals surface area contributed by atoms with E-state index in [1.807, 2.05) is 6.08 Å². The van der Waals surface area contributed by atoms with Crippen LogP contribution in [-0.4, -0.2) is 37.0 Å². The SMILES string of the molecule is COC(=O)CC(=O)N1CCC2C=CC=CC2C1. The molecule has 0 saturated carbocycles. The molecule has 1 fully saturated rings. The summed E-state index contributed by atoms with van der Waals surface area (Å²) in [7, 11) is 1.30. The normalized spacial score (nSPS) is 26.5. The van der Waals surface area contributed by atoms with E-state index in [4.69, 9.17) is 0 Å². The first-order valence-corrected chi connectivity index (χ1v) is 5.90. The Balaban J connectivity index is 1.91. The van der Waals surface area contributed by atoms with Gasteiger partial charge in [0.25, 0.3) is 0 Å². The summed E-state index contributed by atoms with van der Waals surface area (Å²) in [6, 6.07) is 0. The second kappa shape index (κ2) is 5.17. The van der Waals surface area contributed by atoms with Crippen molar-refractivity contribution in [2.75, 3.05) is 20.2 Å². The number of ether oxygens (including phenoxy) is 1. The van der Waals surface area contributed by atoms with Crippen molar-refractivity contribution in [1.29, 1.82) is 0 Å². The van der Waals surface area contributed by atoms with Crippen molar-refractivity contribution < 1.29 is 14.3 Å². The van der Waals surface area contributed by atoms with Gasteiger partial charge < -0.3 is 9.64 Å². The van der Waals surface area contributed by atoms with E-state index in [1.165, 1.54) is 7.11 Å². The summed E-state index contributed by atoms with van der Waals surface area (Å²) < 4.78 is 4.51. The average molecular weight is 235 g/mol. The van der Waals surface area contributed by atoms with E-state index in [9.17, 15) is 9.59 Å². The third kappa shape index (κ3) is 2.75. The fourth-order valence-electron chi connectivity index (χ4n) is 2.39. The summed E-state index contributed by atoms with van der Waals surface area (Å²) in [5.74, 6) is 0.354. The average Bonchev–Trinajstić information content (AvgIpc) is 2.38. The molecule has 2 rings (SSSR count). The van der Waals surface area contributed by atoms with E-state index in [1.54, 1.807) is 4.90 Å². The summed E-state index contributed by atoms with van der Waals surface area (Å²) in [5, 5.41) is 0. The highest BCUT2D eigenvalue weighted by Crippen LogP contribution is 2.28. The monoisotopic (exact) mass is 235 g/mol. The largest absolute Gasteiger partial charge is 0.469 e. The van der Waals surface area contributed by atoms with E-state index in [0.29, 0.717) is 18.4 Å². The van der Waals surface area contributed by atoms with E-state index in [0.717, 1.165) is 13.0 Å². The fraction of sp³-hybridized carbons (Fsp3) is 0.538. The molecule has 0 radical (unpaired) electrons. The fourth-order valence-corrected chi connectivity index (χ4v) is 2.39. The van der Waals surface area contributed by atoms with E-state index in [2.05, 4.69) is 23.0 Å². The molecule has 2 atom stereocenters. The maximum atomic E-state index is 11.8. The molecule has 1 saturated heterocycles. The van der Waals surface area contributed by atoms with E-state index >= 15 is 0 Å². The molecular weight excluding hydrogens is 218 g/mol. The zero-order valence-electron chi connectivity index (χ0n) is 9.96. The van der Waals surface area contributed by atoms with Gasteiger partial charge in [0, 0.05) is 19.0 Å². The predicted octanol–water partition coefficient (Wildman–Crippen LogP) is 1.14. The zero-order chi connectivity index (χ0) is 12.3. The Labute approximate surface area is 101 Å². The van der Waals surface area contributed by atoms with Crippen LogP contribution in [0, 0.1) is 11.8 Å². The van der Waals surface area contributed by atoms with Crippen LogP contribution in [-0.2, 0) is 14.3 Å². The molecule has 1 amide bonds. The number of rotatable bonds is 2. The molecular formula is C13H17NO3. The highest BCUT2D eigenvalue weighted by Gasteiger charge is 2.29. The summed E-state index contributed by atoms with van der Waals surface area (Å²) in [5.41, 5.74) is 0. The highest BCUT2D eigenvalue weighted by molar-refractivity contribution is 5.94. The van der Waals surface area contributed by atoms with Crippen LogP contribution in [0.1, 0.15) is 12.8 Å². The zero-order valence-corrected chi connectivity index (χ0v) is 9.96. The van der Waals surface area contributed by atoms with Crippen molar-refractivity contribution in [2.24, 2.45) is 11.8 Å². The molecule has 1 aliphatic heterocycles. The van der Waals surface area contributed by atoms with E-state index in [-0.39, 0.29) is 12.3 Å². The number of fused-ring (bicyclic) bond motifs is 1. The van der Waals surface area contributed by atoms with Gasteiger partial charge in [-0.05, 0) is 12.3 Å². The number of esters is 1. The molecule has 0 aromatic carbocycles. The van der Waals surface area contributed by atoms with Crippen molar-refractivity contribution in [3.63, 3.8) is 0 Å². The van der Waals surface area contributed by atoms with Gasteiger partial charge in [-0.3, -0.25) is 9.59 Å². The molecule has 0 aromatic heterocycles. The third-order valence-electron chi connectivity index (χ3n) is 3.42. The molecule has 92 valence electrons. The minimum absolute atomic E-state index is 0.127. The van der Waals surface area contributed by atoms with E-state index < -0.39 is 5.97 Å². The minimum Gasteiger partial charge on any atom is -0.469 e. The molecule has 17 heavy (non-hydrogen) atoms. The van der Waals surface area contributed by atoms with Gasteiger partial charge >= 0.3 is 5.97 Å². The third-order valence-corrected chi connectivity index (χ3v) is 3.42. The van der Waals surface area contributed by atoms with Crippen molar-refractivity contribution in [3.05, 3.63) is 24.3 Å². The molecule has 4 heteroatoms. The second-order valence-electron chi connectivity index (χ2n) is 4.48. The number of carbonyl (C=O) groups excluding carboxylic acids is 2. The molecule has 2 unspecified atom stereocenters. The first-order chi connectivity index (χ1) is 8.20. The lowest BCUT2D eigenvalue weighted by atomic mass is 9.82. The predicted molar refractivity (Wildman–Crippen MR) is 63.1 cm³/mol. The molecule has 0 N–H and O–H groups in total. The van der Waals surface area contributed by atoms with Crippen LogP contribution in [0.2, 0.25) is 0 Å². The lowest BCUT2D eigenvalue weighted by Gasteiger charge is -2.37. The number of hydrogen-bond acceptors (Lipinski definition) is 3. The number of amides is 1. The number of piperidine rings is 1. The summed E-state index contributed by atoms with van der Waals surface area (Å²) in [6.45, 7) is 1.44. The van der Waals surface area contributed by atoms with Gasteiger partial charge in [0.1, 0.15) is 6.42 Å². The number of carbonyl (C=O) groups is 2. The number of hydrogen-bond donors (Lipinski definition) is 0. The Kier molecular flexibility index (Phi) is 3.61. The standard InChI is InChI=1S/C13H17NO3/c1-17-13(16)8-12(15)14-7-6-10-4-2-3-5-11(10)9-14/h2-5,10-11H,6-9H2,1H3. The Morgan fingerprint density at radius 3 is 2.71 bits per heavy atom. The molecule has 1 aliphatic carbocycles. The van der Waals surface area contributed by atoms with Gasteiger partial charge in [-0.25, -0.2) is 0 Å². The summed E-state index contributed by atoms with van der Waals surface area (Å²) >= 11 is 0. The van der Waals surface area contributed by atoms with Gasteiger partial charge in [0.2, 0.25) is 5.91 Å². The van der Waals surface area contributed by atoms with Gasteiger partial charge in [0.05, 0.1) is 7.11 Å². The quantitative estimate of drug-likeness (QED) is 0.532. The van der Waals surface area contributed by atoms with Crippen molar-refractivity contribution >= 4 is 11.9 Å². The Bertz CT molecular complexity index is 373. The van der Waals surface area contributed by atoms with Crippen LogP contribution in [0.4, 0.5) is 0 Å². The van der Waals surface area contributed by atoms with Gasteiger partial charge in [-0.1, -0.05) is 24.3 Å². The van der Waals surface area contributed by atoms with Crippen LogP contribution in [0.25, 0.3) is 0 Å². The molecule has 1 heterocycles. The number of nitrogens with zero attached hydrogens (tertiary/aromatic N) is 1. The van der Waals surface area contributed by atoms with Crippen LogP contribution < -0.4 is 0 Å². The molecule has 4 nitrogen and oxygen atoms in total. The summed E-state index contributed by atoms with van der Waals surface area (Å²) in [4.78, 5) is 24.6. The van der Waals surface area contributed by atoms with Crippen molar-refractivity contribution in [3.8, 4) is 0 Å². The van der Waals surface area contributed by atoms with Crippen LogP contribution in [0.5, 0.6) is 0 Å². The first kappa shape index (κ1) is 11.9. The van der Waals surface area contributed by atoms with Crippen LogP contribution in [0.15, 0.2) is 24.3 Å². The second-order valence-corrected chi connectivity index (χ2v) is 4.48. The maximum Gasteiger partial charge on any atom is 0.315 e. The lowest BCUT2D eigenvalue weighted by molar-refractivity contribution is -0.147. The topological polar surface area (TPSA) is 46.6 Å². The summed E-state index contributed by atoms with van der Waals surface area (Å²) in [6.07, 6.45) is 9.25. The highest BCUT2D eigenvalue weighted by atomic mass is 16.5. The Hall–Kier alpha value is -1.58. The minimum atomic E-state index is -0.462. The molecule has 2 aliphatic rings. The Morgan fingerprint density at radius 2 is 2.00 bits per heavy atom. The number of allylic oxidation sites excluding steroid dienone is 3. The van der Waals surface area contributed by atoms with Crippen LogP contribution >= 0.6 is 0 Å². The van der Waals surface area contributed by atoms with Crippen molar-refractivity contribution in [1.82, 2.24) is 4.90 Å². The molecule has 0 aromatic rings. The smallest absolute Gasteiger partial charge is 0.315 e.